The first-order valence-corrected chi connectivity index (χ1v) is 7.11. The van der Waals surface area contributed by atoms with Crippen molar-refractivity contribution in [1.82, 2.24) is 9.55 Å². The van der Waals surface area contributed by atoms with Crippen LogP contribution in [0.4, 0.5) is 0 Å². The molecule has 0 amide bonds. The van der Waals surface area contributed by atoms with Crippen molar-refractivity contribution in [3.63, 3.8) is 0 Å². The van der Waals surface area contributed by atoms with E-state index in [0.29, 0.717) is 27.8 Å². The first-order valence-electron chi connectivity index (χ1n) is 5.91. The number of aromatic nitrogens is 2. The number of aliphatic carboxylic acids is 1. The lowest BCUT2D eigenvalue weighted by Gasteiger charge is -2.13. The molecule has 2 aromatic heterocycles. The molecule has 0 radical (unpaired) electrons. The Labute approximate surface area is 124 Å². The van der Waals surface area contributed by atoms with Crippen molar-refractivity contribution in [2.24, 2.45) is 0 Å². The summed E-state index contributed by atoms with van der Waals surface area (Å²) in [5.41, 5.74) is 1.31. The molecule has 20 heavy (non-hydrogen) atoms. The molecule has 0 aromatic carbocycles. The van der Waals surface area contributed by atoms with Crippen LogP contribution in [0.15, 0.2) is 16.9 Å². The fraction of sp³-hybridized carbons (Fsp3) is 0.308. The minimum absolute atomic E-state index is 0.143. The molecule has 7 heteroatoms. The Morgan fingerprint density at radius 3 is 2.70 bits per heavy atom. The van der Waals surface area contributed by atoms with E-state index in [1.54, 1.807) is 19.9 Å². The van der Waals surface area contributed by atoms with Gasteiger partial charge in [-0.1, -0.05) is 11.6 Å². The van der Waals surface area contributed by atoms with Crippen LogP contribution in [0.3, 0.4) is 0 Å². The minimum atomic E-state index is -0.942. The predicted molar refractivity (Wildman–Crippen MR) is 77.7 cm³/mol. The van der Waals surface area contributed by atoms with Crippen molar-refractivity contribution >= 4 is 28.9 Å². The summed E-state index contributed by atoms with van der Waals surface area (Å²) >= 11 is 7.25. The van der Waals surface area contributed by atoms with E-state index in [4.69, 9.17) is 16.7 Å². The normalized spacial score (nSPS) is 10.8. The van der Waals surface area contributed by atoms with Crippen LogP contribution in [0.25, 0.3) is 0 Å². The summed E-state index contributed by atoms with van der Waals surface area (Å²) in [5, 5.41) is 8.94. The average Bonchev–Trinajstić information content (AvgIpc) is 2.75. The first kappa shape index (κ1) is 14.7. The topological polar surface area (TPSA) is 72.2 Å². The standard InChI is InChI=1S/C13H13ClN2O3S/c1-7-10(5-12(17)18)8(2)16(13(19)15-7)6-9-3-4-11(14)20-9/h3-4H,5-6H2,1-2H3,(H,17,18). The zero-order valence-electron chi connectivity index (χ0n) is 11.0. The molecule has 0 saturated carbocycles. The highest BCUT2D eigenvalue weighted by Crippen LogP contribution is 2.22. The van der Waals surface area contributed by atoms with Crippen molar-refractivity contribution in [1.29, 1.82) is 0 Å². The third kappa shape index (κ3) is 3.08. The van der Waals surface area contributed by atoms with Crippen molar-refractivity contribution < 1.29 is 9.90 Å². The SMILES string of the molecule is Cc1nc(=O)n(Cc2ccc(Cl)s2)c(C)c1CC(=O)O. The Kier molecular flexibility index (Phi) is 4.25. The van der Waals surface area contributed by atoms with E-state index in [9.17, 15) is 9.59 Å². The largest absolute Gasteiger partial charge is 0.481 e. The summed E-state index contributed by atoms with van der Waals surface area (Å²) in [6, 6.07) is 3.61. The molecule has 0 unspecified atom stereocenters. The van der Waals surface area contributed by atoms with Gasteiger partial charge in [-0.05, 0) is 26.0 Å². The van der Waals surface area contributed by atoms with Crippen molar-refractivity contribution in [2.45, 2.75) is 26.8 Å². The van der Waals surface area contributed by atoms with Gasteiger partial charge < -0.3 is 5.11 Å². The highest BCUT2D eigenvalue weighted by atomic mass is 35.5. The molecular weight excluding hydrogens is 300 g/mol. The van der Waals surface area contributed by atoms with Gasteiger partial charge in [0.1, 0.15) is 0 Å². The van der Waals surface area contributed by atoms with Gasteiger partial charge in [0.05, 0.1) is 17.3 Å². The number of carboxylic acids is 1. The second-order valence-corrected chi connectivity index (χ2v) is 6.21. The number of rotatable bonds is 4. The molecule has 0 spiro atoms. The molecule has 0 aliphatic rings. The number of thiophene rings is 1. The van der Waals surface area contributed by atoms with Gasteiger partial charge in [-0.3, -0.25) is 9.36 Å². The van der Waals surface area contributed by atoms with Crippen molar-refractivity contribution in [3.05, 3.63) is 48.8 Å². The Bertz CT molecular complexity index is 721. The van der Waals surface area contributed by atoms with E-state index in [1.165, 1.54) is 15.9 Å². The van der Waals surface area contributed by atoms with Crippen molar-refractivity contribution in [3.8, 4) is 0 Å². The zero-order chi connectivity index (χ0) is 14.9. The van der Waals surface area contributed by atoms with Gasteiger partial charge >= 0.3 is 11.7 Å². The molecule has 0 bridgehead atoms. The van der Waals surface area contributed by atoms with Crippen LogP contribution in [0.2, 0.25) is 4.34 Å². The van der Waals surface area contributed by atoms with Crippen LogP contribution in [0.1, 0.15) is 21.8 Å². The van der Waals surface area contributed by atoms with E-state index in [1.807, 2.05) is 6.07 Å². The molecule has 2 aromatic rings. The molecule has 0 saturated heterocycles. The van der Waals surface area contributed by atoms with Crippen LogP contribution in [0.5, 0.6) is 0 Å². The molecule has 2 heterocycles. The predicted octanol–water partition coefficient (Wildman–Crippen LogP) is 2.25. The molecule has 1 N–H and O–H groups in total. The van der Waals surface area contributed by atoms with E-state index < -0.39 is 5.97 Å². The number of halogens is 1. The van der Waals surface area contributed by atoms with Gasteiger partial charge in [-0.2, -0.15) is 4.98 Å². The van der Waals surface area contributed by atoms with Gasteiger partial charge in [-0.25, -0.2) is 4.79 Å². The third-order valence-electron chi connectivity index (χ3n) is 3.04. The van der Waals surface area contributed by atoms with Gasteiger partial charge in [0.25, 0.3) is 0 Å². The lowest BCUT2D eigenvalue weighted by Crippen LogP contribution is -2.28. The fourth-order valence-corrected chi connectivity index (χ4v) is 3.10. The quantitative estimate of drug-likeness (QED) is 0.940. The highest BCUT2D eigenvalue weighted by Gasteiger charge is 2.14. The second-order valence-electron chi connectivity index (χ2n) is 4.41. The van der Waals surface area contributed by atoms with Gasteiger partial charge in [0.15, 0.2) is 0 Å². The minimum Gasteiger partial charge on any atom is -0.481 e. The van der Waals surface area contributed by atoms with E-state index in [0.717, 1.165) is 4.88 Å². The maximum absolute atomic E-state index is 12.0. The van der Waals surface area contributed by atoms with E-state index in [2.05, 4.69) is 4.98 Å². The van der Waals surface area contributed by atoms with Crippen LogP contribution in [0, 0.1) is 13.8 Å². The van der Waals surface area contributed by atoms with Gasteiger partial charge in [-0.15, -0.1) is 11.3 Å². The summed E-state index contributed by atoms with van der Waals surface area (Å²) in [6.45, 7) is 3.74. The van der Waals surface area contributed by atoms with E-state index in [-0.39, 0.29) is 12.1 Å². The van der Waals surface area contributed by atoms with Crippen LogP contribution < -0.4 is 5.69 Å². The fourth-order valence-electron chi connectivity index (χ4n) is 2.03. The smallest absolute Gasteiger partial charge is 0.348 e. The highest BCUT2D eigenvalue weighted by molar-refractivity contribution is 7.16. The van der Waals surface area contributed by atoms with E-state index >= 15 is 0 Å². The van der Waals surface area contributed by atoms with Gasteiger partial charge in [0, 0.05) is 21.8 Å². The number of nitrogens with zero attached hydrogens (tertiary/aromatic N) is 2. The number of aryl methyl sites for hydroxylation is 1. The summed E-state index contributed by atoms with van der Waals surface area (Å²) in [4.78, 5) is 27.7. The molecule has 0 fully saturated rings. The molecule has 2 rings (SSSR count). The molecule has 0 aliphatic carbocycles. The number of hydrogen-bond acceptors (Lipinski definition) is 4. The summed E-state index contributed by atoms with van der Waals surface area (Å²) in [7, 11) is 0. The van der Waals surface area contributed by atoms with Crippen LogP contribution >= 0.6 is 22.9 Å². The molecule has 106 valence electrons. The molecular formula is C13H13ClN2O3S. The average molecular weight is 313 g/mol. The summed E-state index contributed by atoms with van der Waals surface area (Å²) in [5.74, 6) is -0.942. The Hall–Kier alpha value is -1.66. The monoisotopic (exact) mass is 312 g/mol. The Balaban J connectivity index is 2.47. The zero-order valence-corrected chi connectivity index (χ0v) is 12.6. The number of carboxylic acid groups (broad SMARTS) is 1. The lowest BCUT2D eigenvalue weighted by molar-refractivity contribution is -0.136. The summed E-state index contributed by atoms with van der Waals surface area (Å²) < 4.78 is 2.13. The Morgan fingerprint density at radius 1 is 1.45 bits per heavy atom. The first-order chi connectivity index (χ1) is 9.38. The van der Waals surface area contributed by atoms with Crippen LogP contribution in [-0.4, -0.2) is 20.6 Å². The Morgan fingerprint density at radius 2 is 2.15 bits per heavy atom. The van der Waals surface area contributed by atoms with Crippen LogP contribution in [-0.2, 0) is 17.8 Å². The third-order valence-corrected chi connectivity index (χ3v) is 4.26. The van der Waals surface area contributed by atoms with Crippen molar-refractivity contribution in [2.75, 3.05) is 0 Å². The second kappa shape index (κ2) is 5.76. The summed E-state index contributed by atoms with van der Waals surface area (Å²) in [6.07, 6.45) is -0.143. The molecule has 5 nitrogen and oxygen atoms in total. The molecule has 0 aliphatic heterocycles. The number of hydrogen-bond donors (Lipinski definition) is 1. The maximum atomic E-state index is 12.0. The maximum Gasteiger partial charge on any atom is 0.348 e. The molecule has 0 atom stereocenters. The number of carbonyl (C=O) groups is 1. The lowest BCUT2D eigenvalue weighted by atomic mass is 10.1. The van der Waals surface area contributed by atoms with Gasteiger partial charge in [0.2, 0.25) is 0 Å².